The fourth-order valence-electron chi connectivity index (χ4n) is 2.36. The van der Waals surface area contributed by atoms with Crippen LogP contribution in [-0.4, -0.2) is 55.5 Å². The van der Waals surface area contributed by atoms with Crippen LogP contribution in [0.3, 0.4) is 0 Å². The minimum absolute atomic E-state index is 0.0526. The molecule has 1 aliphatic heterocycles. The summed E-state index contributed by atoms with van der Waals surface area (Å²) in [5, 5.41) is 0. The number of likely N-dealkylation sites (N-methyl/N-ethyl adjacent to an activating group) is 1. The molecule has 5 heteroatoms. The van der Waals surface area contributed by atoms with Crippen molar-refractivity contribution in [1.82, 2.24) is 9.80 Å². The van der Waals surface area contributed by atoms with Gasteiger partial charge in [-0.05, 0) is 36.7 Å². The Morgan fingerprint density at radius 2 is 2.00 bits per heavy atom. The van der Waals surface area contributed by atoms with Crippen LogP contribution in [0.15, 0.2) is 24.3 Å². The third-order valence-electron chi connectivity index (χ3n) is 3.84. The Morgan fingerprint density at radius 3 is 2.61 bits per heavy atom. The highest BCUT2D eigenvalue weighted by Crippen LogP contribution is 2.23. The van der Waals surface area contributed by atoms with Crippen LogP contribution in [0.2, 0.25) is 0 Å². The summed E-state index contributed by atoms with van der Waals surface area (Å²) in [6.07, 6.45) is 3.43. The monoisotopic (exact) mass is 317 g/mol. The van der Waals surface area contributed by atoms with E-state index in [2.05, 4.69) is 25.8 Å². The van der Waals surface area contributed by atoms with E-state index in [1.807, 2.05) is 29.2 Å². The number of carbonyl (C=O) groups is 1. The molecule has 0 aromatic heterocycles. The van der Waals surface area contributed by atoms with Gasteiger partial charge in [0.2, 0.25) is 5.91 Å². The van der Waals surface area contributed by atoms with Gasteiger partial charge in [-0.25, -0.2) is 0 Å². The Labute approximate surface area is 138 Å². The summed E-state index contributed by atoms with van der Waals surface area (Å²) in [5.41, 5.74) is 7.51. The topological polar surface area (TPSA) is 58.8 Å². The van der Waals surface area contributed by atoms with Crippen molar-refractivity contribution in [3.05, 3.63) is 29.8 Å². The molecule has 0 radical (unpaired) electrons. The minimum Gasteiger partial charge on any atom is -0.491 e. The second kappa shape index (κ2) is 8.02. The molecule has 0 atom stereocenters. The zero-order valence-corrected chi connectivity index (χ0v) is 14.3. The van der Waals surface area contributed by atoms with Crippen molar-refractivity contribution in [2.45, 2.75) is 13.8 Å². The number of carbonyl (C=O) groups excluding carboxylic acids is 1. The molecular weight excluding hydrogens is 290 g/mol. The van der Waals surface area contributed by atoms with Crippen molar-refractivity contribution in [3.63, 3.8) is 0 Å². The van der Waals surface area contributed by atoms with Crippen LogP contribution in [0, 0.1) is 5.92 Å². The predicted octanol–water partition coefficient (Wildman–Crippen LogP) is 2.09. The summed E-state index contributed by atoms with van der Waals surface area (Å²) in [5.74, 6) is 1.20. The van der Waals surface area contributed by atoms with Gasteiger partial charge in [0.15, 0.2) is 0 Å². The third kappa shape index (κ3) is 5.28. The molecule has 23 heavy (non-hydrogen) atoms. The Bertz CT molecular complexity index is 561. The lowest BCUT2D eigenvalue weighted by atomic mass is 10.1. The van der Waals surface area contributed by atoms with E-state index in [9.17, 15) is 4.79 Å². The summed E-state index contributed by atoms with van der Waals surface area (Å²) >= 11 is 0. The van der Waals surface area contributed by atoms with Gasteiger partial charge in [0.25, 0.3) is 0 Å². The van der Waals surface area contributed by atoms with Gasteiger partial charge in [-0.1, -0.05) is 19.9 Å². The van der Waals surface area contributed by atoms with E-state index < -0.39 is 0 Å². The molecule has 126 valence electrons. The van der Waals surface area contributed by atoms with E-state index in [0.717, 1.165) is 31.7 Å². The van der Waals surface area contributed by atoms with Crippen LogP contribution in [0.4, 0.5) is 5.69 Å². The number of nitrogen functional groups attached to an aromatic ring is 1. The number of piperazine rings is 1. The number of nitrogens with zero attached hydrogens (tertiary/aromatic N) is 2. The van der Waals surface area contributed by atoms with Crippen molar-refractivity contribution in [1.29, 1.82) is 0 Å². The van der Waals surface area contributed by atoms with Crippen LogP contribution >= 0.6 is 0 Å². The number of amides is 1. The van der Waals surface area contributed by atoms with E-state index in [-0.39, 0.29) is 5.91 Å². The number of hydrogen-bond donors (Lipinski definition) is 1. The van der Waals surface area contributed by atoms with E-state index in [1.54, 1.807) is 6.08 Å². The van der Waals surface area contributed by atoms with Gasteiger partial charge < -0.3 is 20.3 Å². The zero-order chi connectivity index (χ0) is 16.8. The number of nitrogens with two attached hydrogens (primary N) is 1. The van der Waals surface area contributed by atoms with Crippen molar-refractivity contribution in [3.8, 4) is 5.75 Å². The molecule has 1 aromatic carbocycles. The number of ether oxygens (including phenoxy) is 1. The fourth-order valence-corrected chi connectivity index (χ4v) is 2.36. The van der Waals surface area contributed by atoms with Crippen LogP contribution in [0.1, 0.15) is 19.4 Å². The molecule has 0 spiro atoms. The second-order valence-electron chi connectivity index (χ2n) is 6.46. The molecule has 0 aliphatic carbocycles. The summed E-state index contributed by atoms with van der Waals surface area (Å²) in [7, 11) is 2.07. The molecule has 5 nitrogen and oxygen atoms in total. The molecule has 1 aliphatic rings. The smallest absolute Gasteiger partial charge is 0.246 e. The third-order valence-corrected chi connectivity index (χ3v) is 3.84. The summed E-state index contributed by atoms with van der Waals surface area (Å²) in [6, 6.07) is 5.61. The van der Waals surface area contributed by atoms with Gasteiger partial charge in [-0.2, -0.15) is 0 Å². The molecule has 1 heterocycles. The highest BCUT2D eigenvalue weighted by atomic mass is 16.5. The van der Waals surface area contributed by atoms with Crippen LogP contribution in [-0.2, 0) is 4.79 Å². The zero-order valence-electron chi connectivity index (χ0n) is 14.3. The SMILES string of the molecule is CC(C)COc1ccc(/C=C\C(=O)N2CCN(C)CC2)cc1N. The number of hydrogen-bond acceptors (Lipinski definition) is 4. The molecule has 1 aromatic rings. The Kier molecular flexibility index (Phi) is 6.04. The normalized spacial score (nSPS) is 16.3. The van der Waals surface area contributed by atoms with Crippen molar-refractivity contribution in [2.24, 2.45) is 5.92 Å². The number of anilines is 1. The molecule has 2 N–H and O–H groups in total. The van der Waals surface area contributed by atoms with Gasteiger partial charge in [0.1, 0.15) is 5.75 Å². The molecule has 2 rings (SSSR count). The van der Waals surface area contributed by atoms with Crippen molar-refractivity contribution >= 4 is 17.7 Å². The molecule has 1 fully saturated rings. The van der Waals surface area contributed by atoms with Crippen LogP contribution in [0.25, 0.3) is 6.08 Å². The minimum atomic E-state index is 0.0526. The van der Waals surface area contributed by atoms with E-state index >= 15 is 0 Å². The van der Waals surface area contributed by atoms with Gasteiger partial charge >= 0.3 is 0 Å². The van der Waals surface area contributed by atoms with E-state index in [0.29, 0.717) is 24.0 Å². The van der Waals surface area contributed by atoms with Gasteiger partial charge in [-0.3, -0.25) is 4.79 Å². The Balaban J connectivity index is 1.94. The standard InChI is InChI=1S/C18H27N3O2/c1-14(2)13-23-17-6-4-15(12-16(17)19)5-7-18(22)21-10-8-20(3)9-11-21/h4-7,12,14H,8-11,13,19H2,1-3H3/b7-5-. The summed E-state index contributed by atoms with van der Waals surface area (Å²) in [6.45, 7) is 8.24. The fraction of sp³-hybridized carbons (Fsp3) is 0.500. The number of rotatable bonds is 5. The largest absolute Gasteiger partial charge is 0.491 e. The predicted molar refractivity (Wildman–Crippen MR) is 94.3 cm³/mol. The lowest BCUT2D eigenvalue weighted by Crippen LogP contribution is -2.46. The highest BCUT2D eigenvalue weighted by molar-refractivity contribution is 5.92. The first-order valence-electron chi connectivity index (χ1n) is 8.13. The Hall–Kier alpha value is -2.01. The number of benzene rings is 1. The lowest BCUT2D eigenvalue weighted by Gasteiger charge is -2.31. The average molecular weight is 317 g/mol. The van der Waals surface area contributed by atoms with Gasteiger partial charge in [0, 0.05) is 32.3 Å². The highest BCUT2D eigenvalue weighted by Gasteiger charge is 2.16. The maximum atomic E-state index is 12.2. The first-order valence-corrected chi connectivity index (χ1v) is 8.13. The molecular formula is C18H27N3O2. The lowest BCUT2D eigenvalue weighted by molar-refractivity contribution is -0.127. The molecule has 1 saturated heterocycles. The van der Waals surface area contributed by atoms with Crippen molar-refractivity contribution < 1.29 is 9.53 Å². The van der Waals surface area contributed by atoms with Crippen LogP contribution in [0.5, 0.6) is 5.75 Å². The van der Waals surface area contributed by atoms with Crippen LogP contribution < -0.4 is 10.5 Å². The summed E-state index contributed by atoms with van der Waals surface area (Å²) < 4.78 is 5.66. The quantitative estimate of drug-likeness (QED) is 0.667. The molecule has 1 amide bonds. The van der Waals surface area contributed by atoms with Gasteiger partial charge in [-0.15, -0.1) is 0 Å². The van der Waals surface area contributed by atoms with Gasteiger partial charge in [0.05, 0.1) is 12.3 Å². The Morgan fingerprint density at radius 1 is 1.30 bits per heavy atom. The maximum absolute atomic E-state index is 12.2. The first kappa shape index (κ1) is 17.3. The van der Waals surface area contributed by atoms with Crippen molar-refractivity contribution in [2.75, 3.05) is 45.6 Å². The molecule has 0 bridgehead atoms. The first-order chi connectivity index (χ1) is 11.0. The summed E-state index contributed by atoms with van der Waals surface area (Å²) in [4.78, 5) is 16.3. The maximum Gasteiger partial charge on any atom is 0.246 e. The van der Waals surface area contributed by atoms with E-state index in [4.69, 9.17) is 10.5 Å². The van der Waals surface area contributed by atoms with E-state index in [1.165, 1.54) is 0 Å². The molecule has 0 saturated carbocycles. The molecule has 0 unspecified atom stereocenters. The average Bonchev–Trinajstić information content (AvgIpc) is 2.52. The second-order valence-corrected chi connectivity index (χ2v) is 6.46.